The number of hydrogen-bond donors (Lipinski definition) is 2. The zero-order chi connectivity index (χ0) is 16.1. The van der Waals surface area contributed by atoms with Crippen LogP contribution in [0.1, 0.15) is 31.9 Å². The minimum Gasteiger partial charge on any atom is -0.384 e. The fraction of sp³-hybridized carbons (Fsp3) is 0.467. The Kier molecular flexibility index (Phi) is 5.93. The predicted molar refractivity (Wildman–Crippen MR) is 83.7 cm³/mol. The van der Waals surface area contributed by atoms with Crippen LogP contribution in [0.15, 0.2) is 24.3 Å². The molecule has 0 aromatic heterocycles. The minimum atomic E-state index is -3.52. The van der Waals surface area contributed by atoms with Gasteiger partial charge in [0.25, 0.3) is 10.2 Å². The van der Waals surface area contributed by atoms with E-state index in [1.54, 1.807) is 32.9 Å². The molecule has 0 heterocycles. The van der Waals surface area contributed by atoms with Gasteiger partial charge in [-0.2, -0.15) is 17.4 Å². The van der Waals surface area contributed by atoms with Crippen molar-refractivity contribution in [3.8, 4) is 11.8 Å². The molecule has 0 saturated heterocycles. The highest BCUT2D eigenvalue weighted by molar-refractivity contribution is 7.87. The molecule has 0 unspecified atom stereocenters. The van der Waals surface area contributed by atoms with Crippen LogP contribution in [-0.2, 0) is 16.8 Å². The summed E-state index contributed by atoms with van der Waals surface area (Å²) in [5.41, 5.74) is 1.13. The summed E-state index contributed by atoms with van der Waals surface area (Å²) in [6.07, 6.45) is 0. The summed E-state index contributed by atoms with van der Waals surface area (Å²) in [4.78, 5) is 0. The van der Waals surface area contributed by atoms with Crippen molar-refractivity contribution >= 4 is 10.2 Å². The number of benzene rings is 1. The Bertz CT molecular complexity index is 620. The summed E-state index contributed by atoms with van der Waals surface area (Å²) < 4.78 is 28.1. The Hall–Kier alpha value is -1.39. The first-order valence-corrected chi connectivity index (χ1v) is 8.02. The number of hydrogen-bond acceptors (Lipinski definition) is 3. The maximum Gasteiger partial charge on any atom is 0.279 e. The molecule has 0 radical (unpaired) electrons. The van der Waals surface area contributed by atoms with E-state index in [1.165, 1.54) is 11.4 Å². The standard InChI is InChI=1S/C15H22N2O3S/c1-15(2,3)16-21(19,20)17(4)12-14-9-7-13(8-10-14)6-5-11-18/h7-10,16,18H,11-12H2,1-4H3. The van der Waals surface area contributed by atoms with Crippen molar-refractivity contribution in [2.24, 2.45) is 0 Å². The van der Waals surface area contributed by atoms with Crippen molar-refractivity contribution in [2.75, 3.05) is 13.7 Å². The zero-order valence-electron chi connectivity index (χ0n) is 12.8. The third-order valence-electron chi connectivity index (χ3n) is 2.52. The number of aliphatic hydroxyl groups excluding tert-OH is 1. The van der Waals surface area contributed by atoms with Gasteiger partial charge in [0.1, 0.15) is 6.61 Å². The van der Waals surface area contributed by atoms with E-state index in [4.69, 9.17) is 5.11 Å². The van der Waals surface area contributed by atoms with Crippen molar-refractivity contribution in [3.05, 3.63) is 35.4 Å². The van der Waals surface area contributed by atoms with E-state index in [0.29, 0.717) is 0 Å². The SMILES string of the molecule is CN(Cc1ccc(C#CCO)cc1)S(=O)(=O)NC(C)(C)C. The summed E-state index contributed by atoms with van der Waals surface area (Å²) in [6, 6.07) is 7.25. The van der Waals surface area contributed by atoms with Crippen LogP contribution in [0.5, 0.6) is 0 Å². The third-order valence-corrected chi connectivity index (χ3v) is 4.34. The van der Waals surface area contributed by atoms with Gasteiger partial charge in [0, 0.05) is 24.7 Å². The number of nitrogens with zero attached hydrogens (tertiary/aromatic N) is 1. The lowest BCUT2D eigenvalue weighted by Crippen LogP contribution is -2.47. The Morgan fingerprint density at radius 2 is 1.81 bits per heavy atom. The van der Waals surface area contributed by atoms with E-state index >= 15 is 0 Å². The molecule has 5 nitrogen and oxygen atoms in total. The first kappa shape index (κ1) is 17.7. The van der Waals surface area contributed by atoms with E-state index in [0.717, 1.165) is 11.1 Å². The van der Waals surface area contributed by atoms with E-state index in [1.807, 2.05) is 12.1 Å². The van der Waals surface area contributed by atoms with Crippen LogP contribution in [0.2, 0.25) is 0 Å². The van der Waals surface area contributed by atoms with Crippen molar-refractivity contribution < 1.29 is 13.5 Å². The number of aliphatic hydroxyl groups is 1. The van der Waals surface area contributed by atoms with Crippen molar-refractivity contribution in [3.63, 3.8) is 0 Å². The molecule has 0 amide bonds. The van der Waals surface area contributed by atoms with Gasteiger partial charge in [0.05, 0.1) is 0 Å². The van der Waals surface area contributed by atoms with Crippen LogP contribution in [0.25, 0.3) is 0 Å². The number of nitrogens with one attached hydrogen (secondary N) is 1. The van der Waals surface area contributed by atoms with Gasteiger partial charge < -0.3 is 5.11 Å². The molecule has 0 bridgehead atoms. The molecule has 0 saturated carbocycles. The molecule has 1 aromatic rings. The summed E-state index contributed by atoms with van der Waals surface area (Å²) in [6.45, 7) is 5.49. The summed E-state index contributed by atoms with van der Waals surface area (Å²) in [5.74, 6) is 5.36. The highest BCUT2D eigenvalue weighted by Crippen LogP contribution is 2.10. The van der Waals surface area contributed by atoms with Crippen LogP contribution >= 0.6 is 0 Å². The molecular formula is C15H22N2O3S. The average Bonchev–Trinajstić information content (AvgIpc) is 2.35. The van der Waals surface area contributed by atoms with Gasteiger partial charge in [-0.3, -0.25) is 0 Å². The molecule has 116 valence electrons. The van der Waals surface area contributed by atoms with Gasteiger partial charge in [0.15, 0.2) is 0 Å². The van der Waals surface area contributed by atoms with Crippen LogP contribution in [0.3, 0.4) is 0 Å². The Morgan fingerprint density at radius 1 is 1.24 bits per heavy atom. The normalized spacial score (nSPS) is 12.1. The highest BCUT2D eigenvalue weighted by Gasteiger charge is 2.24. The predicted octanol–water partition coefficient (Wildman–Crippen LogP) is 1.10. The third kappa shape index (κ3) is 6.27. The second-order valence-electron chi connectivity index (χ2n) is 5.77. The van der Waals surface area contributed by atoms with Crippen molar-refractivity contribution in [1.29, 1.82) is 0 Å². The second-order valence-corrected chi connectivity index (χ2v) is 7.55. The second kappa shape index (κ2) is 7.05. The first-order chi connectivity index (χ1) is 9.64. The zero-order valence-corrected chi connectivity index (χ0v) is 13.7. The van der Waals surface area contributed by atoms with Crippen LogP contribution in [0, 0.1) is 11.8 Å². The molecule has 0 fully saturated rings. The topological polar surface area (TPSA) is 69.6 Å². The summed E-state index contributed by atoms with van der Waals surface area (Å²) in [5, 5.41) is 8.63. The molecule has 1 rings (SSSR count). The van der Waals surface area contributed by atoms with Crippen LogP contribution in [-0.4, -0.2) is 37.0 Å². The first-order valence-electron chi connectivity index (χ1n) is 6.58. The van der Waals surface area contributed by atoms with Crippen molar-refractivity contribution in [1.82, 2.24) is 9.03 Å². The lowest BCUT2D eigenvalue weighted by molar-refractivity contribution is 0.350. The van der Waals surface area contributed by atoms with Gasteiger partial charge in [0.2, 0.25) is 0 Å². The molecule has 21 heavy (non-hydrogen) atoms. The Labute approximate surface area is 127 Å². The van der Waals surface area contributed by atoms with E-state index in [-0.39, 0.29) is 13.2 Å². The summed E-state index contributed by atoms with van der Waals surface area (Å²) in [7, 11) is -1.98. The highest BCUT2D eigenvalue weighted by atomic mass is 32.2. The molecule has 0 spiro atoms. The fourth-order valence-corrected chi connectivity index (χ4v) is 2.89. The van der Waals surface area contributed by atoms with Gasteiger partial charge in [-0.15, -0.1) is 0 Å². The smallest absolute Gasteiger partial charge is 0.279 e. The fourth-order valence-electron chi connectivity index (χ4n) is 1.64. The van der Waals surface area contributed by atoms with Gasteiger partial charge >= 0.3 is 0 Å². The van der Waals surface area contributed by atoms with Gasteiger partial charge in [-0.05, 0) is 38.5 Å². The molecule has 2 N–H and O–H groups in total. The van der Waals surface area contributed by atoms with E-state index in [2.05, 4.69) is 16.6 Å². The molecule has 0 aliphatic heterocycles. The van der Waals surface area contributed by atoms with Gasteiger partial charge in [-0.1, -0.05) is 24.0 Å². The Balaban J connectivity index is 2.77. The summed E-state index contributed by atoms with van der Waals surface area (Å²) >= 11 is 0. The molecule has 0 aliphatic carbocycles. The maximum atomic E-state index is 12.1. The number of rotatable bonds is 4. The maximum absolute atomic E-state index is 12.1. The van der Waals surface area contributed by atoms with Crippen molar-refractivity contribution in [2.45, 2.75) is 32.9 Å². The van der Waals surface area contributed by atoms with Gasteiger partial charge in [-0.25, -0.2) is 0 Å². The minimum absolute atomic E-state index is 0.179. The molecular weight excluding hydrogens is 288 g/mol. The molecule has 0 atom stereocenters. The lowest BCUT2D eigenvalue weighted by Gasteiger charge is -2.25. The lowest BCUT2D eigenvalue weighted by atomic mass is 10.1. The van der Waals surface area contributed by atoms with E-state index in [9.17, 15) is 8.42 Å². The molecule has 0 aliphatic rings. The monoisotopic (exact) mass is 310 g/mol. The Morgan fingerprint density at radius 3 is 2.29 bits per heavy atom. The molecule has 1 aromatic carbocycles. The molecule has 6 heteroatoms. The largest absolute Gasteiger partial charge is 0.384 e. The van der Waals surface area contributed by atoms with E-state index < -0.39 is 15.7 Å². The van der Waals surface area contributed by atoms with Crippen LogP contribution in [0.4, 0.5) is 0 Å². The average molecular weight is 310 g/mol. The quantitative estimate of drug-likeness (QED) is 0.818. The van der Waals surface area contributed by atoms with Crippen LogP contribution < -0.4 is 4.72 Å².